The first kappa shape index (κ1) is 36.3. The van der Waals surface area contributed by atoms with Crippen molar-refractivity contribution in [3.63, 3.8) is 0 Å². The number of amides is 1. The highest BCUT2D eigenvalue weighted by molar-refractivity contribution is 7.99. The first-order valence-corrected chi connectivity index (χ1v) is 21.4. The molecule has 0 saturated heterocycles. The van der Waals surface area contributed by atoms with E-state index in [-0.39, 0.29) is 28.9 Å². The van der Waals surface area contributed by atoms with Gasteiger partial charge in [-0.05, 0) is 124 Å². The van der Waals surface area contributed by atoms with E-state index in [2.05, 4.69) is 27.6 Å². The standard InChI is InChI=1S/C38H51ClN2O6S2/c1-25(2)49(44,45)24-38(46-5)18-7-9-26(3)27(4)48(6,43)40-36(42)29-12-16-35-34(20-29)41(21-30-11-14-33(30)38)22-37(23-47-35)17-8-10-28-19-31(39)13-15-32(28)37/h7,12-13,15-16,18-20,25-27,30,33H,6,8-11,14,17,21-24H2,1-5H3,(H,40,42,43)/b18-7+/t26-,27+,30-,33+,37-,38-,48?/m0/s1. The molecule has 1 amide bonds. The van der Waals surface area contributed by atoms with E-state index in [1.807, 2.05) is 44.2 Å². The summed E-state index contributed by atoms with van der Waals surface area (Å²) in [6, 6.07) is 11.6. The summed E-state index contributed by atoms with van der Waals surface area (Å²) in [5.41, 5.74) is 2.33. The lowest BCUT2D eigenvalue weighted by Gasteiger charge is -2.50. The fourth-order valence-electron chi connectivity index (χ4n) is 8.37. The Morgan fingerprint density at radius 3 is 2.65 bits per heavy atom. The van der Waals surface area contributed by atoms with Gasteiger partial charge in [0.05, 0.1) is 33.0 Å². The number of methoxy groups -OCH3 is 1. The van der Waals surface area contributed by atoms with E-state index in [1.54, 1.807) is 27.0 Å². The van der Waals surface area contributed by atoms with Crippen molar-refractivity contribution < 1.29 is 26.9 Å². The Kier molecular flexibility index (Phi) is 10.0. The summed E-state index contributed by atoms with van der Waals surface area (Å²) in [4.78, 5) is 16.0. The van der Waals surface area contributed by atoms with Gasteiger partial charge in [-0.1, -0.05) is 36.7 Å². The molecule has 2 aromatic rings. The predicted octanol–water partition coefficient (Wildman–Crippen LogP) is 6.39. The number of benzene rings is 2. The van der Waals surface area contributed by atoms with Crippen LogP contribution in [0.25, 0.3) is 0 Å². The highest BCUT2D eigenvalue weighted by Gasteiger charge is 2.51. The number of rotatable bonds is 4. The summed E-state index contributed by atoms with van der Waals surface area (Å²) in [6.07, 6.45) is 9.12. The predicted molar refractivity (Wildman–Crippen MR) is 200 cm³/mol. The van der Waals surface area contributed by atoms with Crippen molar-refractivity contribution in [2.24, 2.45) is 17.8 Å². The van der Waals surface area contributed by atoms with Gasteiger partial charge in [0.1, 0.15) is 11.4 Å². The third kappa shape index (κ3) is 6.91. The molecule has 0 radical (unpaired) electrons. The number of hydrogen-bond acceptors (Lipinski definition) is 7. The van der Waals surface area contributed by atoms with Crippen LogP contribution in [0.3, 0.4) is 0 Å². The maximum Gasteiger partial charge on any atom is 0.262 e. The number of anilines is 1. The zero-order valence-corrected chi connectivity index (χ0v) is 31.8. The number of nitrogens with zero attached hydrogens (tertiary/aromatic N) is 1. The van der Waals surface area contributed by atoms with Crippen molar-refractivity contribution in [2.45, 2.75) is 87.7 Å². The lowest BCUT2D eigenvalue weighted by Crippen LogP contribution is -2.55. The minimum atomic E-state index is -3.48. The molecule has 0 aromatic heterocycles. The van der Waals surface area contributed by atoms with Crippen molar-refractivity contribution in [1.29, 1.82) is 0 Å². The molecule has 1 N–H and O–H groups in total. The maximum atomic E-state index is 13.9. The molecule has 1 saturated carbocycles. The second kappa shape index (κ2) is 13.5. The normalized spacial score (nSPS) is 34.2. The molecule has 1 unspecified atom stereocenters. The van der Waals surface area contributed by atoms with Gasteiger partial charge in [0, 0.05) is 41.5 Å². The first-order chi connectivity index (χ1) is 23.1. The summed E-state index contributed by atoms with van der Waals surface area (Å²) in [7, 11) is -4.89. The highest BCUT2D eigenvalue weighted by atomic mass is 35.5. The van der Waals surface area contributed by atoms with Crippen molar-refractivity contribution in [3.05, 3.63) is 70.3 Å². The van der Waals surface area contributed by atoms with E-state index in [0.29, 0.717) is 37.4 Å². The smallest absolute Gasteiger partial charge is 0.262 e. The summed E-state index contributed by atoms with van der Waals surface area (Å²) in [6.45, 7) is 9.03. The average molecular weight is 731 g/mol. The maximum absolute atomic E-state index is 13.9. The Morgan fingerprint density at radius 2 is 1.96 bits per heavy atom. The number of aryl methyl sites for hydroxylation is 1. The quantitative estimate of drug-likeness (QED) is 0.287. The van der Waals surface area contributed by atoms with E-state index in [1.165, 1.54) is 11.1 Å². The minimum Gasteiger partial charge on any atom is -0.490 e. The van der Waals surface area contributed by atoms with Crippen molar-refractivity contribution in [2.75, 3.05) is 37.5 Å². The zero-order chi connectivity index (χ0) is 35.4. The van der Waals surface area contributed by atoms with Gasteiger partial charge < -0.3 is 14.4 Å². The largest absolute Gasteiger partial charge is 0.490 e. The Labute approximate surface area is 298 Å². The van der Waals surface area contributed by atoms with Crippen LogP contribution in [-0.2, 0) is 36.1 Å². The fourth-order valence-corrected chi connectivity index (χ4v) is 11.4. The molecule has 2 aromatic carbocycles. The average Bonchev–Trinajstić information content (AvgIpc) is 3.18. The summed E-state index contributed by atoms with van der Waals surface area (Å²) >= 11 is 6.46. The number of sulfone groups is 1. The Bertz CT molecular complexity index is 1840. The number of allylic oxidation sites excluding steroid dienone is 1. The Balaban J connectivity index is 1.48. The molecule has 1 spiro atoms. The summed E-state index contributed by atoms with van der Waals surface area (Å²) in [5.74, 6) is 4.09. The molecule has 1 fully saturated rings. The molecule has 49 heavy (non-hydrogen) atoms. The SMILES string of the molecule is C=S1(=O)NC(=O)c2ccc3c(c2)N(C[C@@H]2CC[C@H]2[C@](CS(=O)(=O)C(C)C)(OC)/C=C/C[C@H](C)[C@H]1C)C[C@@]1(CCCc2cc(Cl)ccc21)CO3. The van der Waals surface area contributed by atoms with Crippen molar-refractivity contribution >= 4 is 48.6 Å². The number of halogens is 1. The Hall–Kier alpha value is -2.53. The third-order valence-electron chi connectivity index (χ3n) is 11.9. The zero-order valence-electron chi connectivity index (χ0n) is 29.4. The number of carbonyl (C=O) groups excluding carboxylic acids is 1. The molecular formula is C38H51ClN2O6S2. The Morgan fingerprint density at radius 1 is 1.18 bits per heavy atom. The lowest BCUT2D eigenvalue weighted by molar-refractivity contribution is -0.0598. The second-order valence-corrected chi connectivity index (χ2v) is 20.6. The molecule has 2 bridgehead atoms. The number of fused-ring (bicyclic) bond motifs is 4. The second-order valence-electron chi connectivity index (χ2n) is 15.2. The van der Waals surface area contributed by atoms with Crippen molar-refractivity contribution in [3.8, 4) is 5.75 Å². The fraction of sp³-hybridized carbons (Fsp3) is 0.579. The van der Waals surface area contributed by atoms with Crippen LogP contribution >= 0.6 is 11.6 Å². The van der Waals surface area contributed by atoms with E-state index >= 15 is 0 Å². The van der Waals surface area contributed by atoms with Crippen molar-refractivity contribution in [1.82, 2.24) is 4.72 Å². The van der Waals surface area contributed by atoms with E-state index in [9.17, 15) is 17.4 Å². The van der Waals surface area contributed by atoms with Gasteiger partial charge >= 0.3 is 0 Å². The first-order valence-electron chi connectivity index (χ1n) is 17.5. The van der Waals surface area contributed by atoms with Gasteiger partial charge in [0.2, 0.25) is 0 Å². The highest BCUT2D eigenvalue weighted by Crippen LogP contribution is 2.49. The molecule has 2 aliphatic carbocycles. The van der Waals surface area contributed by atoms with Crippen LogP contribution in [0.2, 0.25) is 5.02 Å². The van der Waals surface area contributed by atoms with E-state index < -0.39 is 41.6 Å². The molecular weight excluding hydrogens is 680 g/mol. The van der Waals surface area contributed by atoms with Crippen LogP contribution in [0.15, 0.2) is 48.6 Å². The number of nitrogens with one attached hydrogen (secondary N) is 1. The number of ether oxygens (including phenoxy) is 2. The number of carbonyl (C=O) groups is 1. The van der Waals surface area contributed by atoms with Crippen LogP contribution in [0.4, 0.5) is 5.69 Å². The molecule has 4 aliphatic rings. The van der Waals surface area contributed by atoms with Crippen LogP contribution < -0.4 is 14.4 Å². The van der Waals surface area contributed by atoms with Gasteiger partial charge in [-0.2, -0.15) is 0 Å². The van der Waals surface area contributed by atoms with Gasteiger partial charge in [-0.3, -0.25) is 9.52 Å². The van der Waals surface area contributed by atoms with Crippen LogP contribution in [0.1, 0.15) is 81.3 Å². The van der Waals surface area contributed by atoms with Gasteiger partial charge in [0.15, 0.2) is 9.84 Å². The minimum absolute atomic E-state index is 0.0486. The lowest BCUT2D eigenvalue weighted by atomic mass is 9.64. The summed E-state index contributed by atoms with van der Waals surface area (Å²) in [5, 5.41) is -0.266. The molecule has 6 rings (SSSR count). The van der Waals surface area contributed by atoms with Gasteiger partial charge in [-0.25, -0.2) is 12.6 Å². The number of hydrogen-bond donors (Lipinski definition) is 1. The van der Waals surface area contributed by atoms with E-state index in [0.717, 1.165) is 42.8 Å². The topological polar surface area (TPSA) is 102 Å². The molecule has 7 atom stereocenters. The molecule has 2 aliphatic heterocycles. The molecule has 2 heterocycles. The van der Waals surface area contributed by atoms with Crippen LogP contribution in [-0.4, -0.2) is 73.1 Å². The third-order valence-corrected chi connectivity index (χ3v) is 16.6. The molecule has 268 valence electrons. The van der Waals surface area contributed by atoms with Gasteiger partial charge in [-0.15, -0.1) is 0 Å². The van der Waals surface area contributed by atoms with Crippen LogP contribution in [0, 0.1) is 17.8 Å². The van der Waals surface area contributed by atoms with E-state index in [4.69, 9.17) is 21.1 Å². The monoisotopic (exact) mass is 730 g/mol. The molecule has 8 nitrogen and oxygen atoms in total. The molecule has 11 heteroatoms. The van der Waals surface area contributed by atoms with Crippen LogP contribution in [0.5, 0.6) is 5.75 Å². The van der Waals surface area contributed by atoms with Gasteiger partial charge in [0.25, 0.3) is 5.91 Å². The summed E-state index contributed by atoms with van der Waals surface area (Å²) < 4.78 is 56.8.